The third-order valence-electron chi connectivity index (χ3n) is 1.99. The molecular weight excluding hydrogens is 302 g/mol. The van der Waals surface area contributed by atoms with Crippen molar-refractivity contribution in [2.75, 3.05) is 60.2 Å². The SMILES string of the molecule is CCN=C=NCCCN(C)C.CCOCC.CCOCC.Cl. The molecule has 0 atom stereocenters. The molecule has 0 aromatic carbocycles. The van der Waals surface area contributed by atoms with E-state index in [1.165, 1.54) is 0 Å². The quantitative estimate of drug-likeness (QED) is 0.476. The molecular formula is C16H38ClN3O2. The summed E-state index contributed by atoms with van der Waals surface area (Å²) in [4.78, 5) is 9.99. The molecule has 0 unspecified atom stereocenters. The van der Waals surface area contributed by atoms with E-state index in [2.05, 4.69) is 35.0 Å². The lowest BCUT2D eigenvalue weighted by atomic mass is 10.4. The molecule has 0 N–H and O–H groups in total. The number of nitrogens with zero attached hydrogens (tertiary/aromatic N) is 3. The molecule has 22 heavy (non-hydrogen) atoms. The van der Waals surface area contributed by atoms with Crippen LogP contribution < -0.4 is 0 Å². The first-order chi connectivity index (χ1) is 10.1. The van der Waals surface area contributed by atoms with E-state index >= 15 is 0 Å². The van der Waals surface area contributed by atoms with Crippen LogP contribution in [0.5, 0.6) is 0 Å². The lowest BCUT2D eigenvalue weighted by molar-refractivity contribution is 0.162. The monoisotopic (exact) mass is 339 g/mol. The summed E-state index contributed by atoms with van der Waals surface area (Å²) in [6, 6.07) is 2.64. The van der Waals surface area contributed by atoms with Gasteiger partial charge in [-0.3, -0.25) is 0 Å². The lowest BCUT2D eigenvalue weighted by Gasteiger charge is -2.05. The van der Waals surface area contributed by atoms with Gasteiger partial charge < -0.3 is 14.4 Å². The van der Waals surface area contributed by atoms with Crippen molar-refractivity contribution in [3.8, 4) is 0 Å². The number of rotatable bonds is 9. The first-order valence-electron chi connectivity index (χ1n) is 7.98. The van der Waals surface area contributed by atoms with Gasteiger partial charge in [-0.25, -0.2) is 9.98 Å². The van der Waals surface area contributed by atoms with Crippen LogP contribution in [-0.2, 0) is 9.47 Å². The molecule has 0 aromatic heterocycles. The molecule has 0 heterocycles. The standard InChI is InChI=1S/C8H17N3.2C4H10O.ClH/c1-4-9-8-10-6-5-7-11(2)3;2*1-3-5-4-2;/h4-7H2,1-3H3;2*3-4H2,1-2H3;1H. The summed E-state index contributed by atoms with van der Waals surface area (Å²) in [7, 11) is 4.12. The number of hydrogen-bond acceptors (Lipinski definition) is 5. The summed E-state index contributed by atoms with van der Waals surface area (Å²) in [5.74, 6) is 0. The number of aliphatic imine (C=N–C) groups is 2. The average Bonchev–Trinajstić information content (AvgIpc) is 2.45. The van der Waals surface area contributed by atoms with Gasteiger partial charge in [-0.2, -0.15) is 0 Å². The molecule has 0 fully saturated rings. The molecule has 0 aliphatic carbocycles. The van der Waals surface area contributed by atoms with E-state index in [0.717, 1.165) is 52.5 Å². The normalized spacial score (nSPS) is 8.55. The van der Waals surface area contributed by atoms with Crippen LogP contribution in [-0.4, -0.2) is 71.1 Å². The summed E-state index contributed by atoms with van der Waals surface area (Å²) in [6.45, 7) is 16.0. The van der Waals surface area contributed by atoms with Crippen molar-refractivity contribution < 1.29 is 9.47 Å². The molecule has 0 radical (unpaired) electrons. The first-order valence-corrected chi connectivity index (χ1v) is 7.98. The van der Waals surface area contributed by atoms with Gasteiger partial charge in [-0.05, 0) is 61.7 Å². The number of ether oxygens (including phenoxy) is 2. The van der Waals surface area contributed by atoms with Gasteiger partial charge in [-0.15, -0.1) is 12.4 Å². The van der Waals surface area contributed by atoms with Gasteiger partial charge in [0, 0.05) is 33.0 Å². The molecule has 5 nitrogen and oxygen atoms in total. The summed E-state index contributed by atoms with van der Waals surface area (Å²) >= 11 is 0. The Labute approximate surface area is 144 Å². The molecule has 0 spiro atoms. The molecule has 0 aromatic rings. The summed E-state index contributed by atoms with van der Waals surface area (Å²) < 4.78 is 9.67. The van der Waals surface area contributed by atoms with E-state index in [9.17, 15) is 0 Å². The van der Waals surface area contributed by atoms with Crippen molar-refractivity contribution in [1.29, 1.82) is 0 Å². The molecule has 6 heteroatoms. The zero-order chi connectivity index (χ0) is 16.8. The predicted molar refractivity (Wildman–Crippen MR) is 100 cm³/mol. The molecule has 0 saturated carbocycles. The van der Waals surface area contributed by atoms with Crippen molar-refractivity contribution in [1.82, 2.24) is 4.90 Å². The molecule has 0 amide bonds. The lowest BCUT2D eigenvalue weighted by Crippen LogP contribution is -2.13. The maximum absolute atomic E-state index is 4.83. The Bertz CT molecular complexity index is 211. The van der Waals surface area contributed by atoms with Gasteiger partial charge in [-0.1, -0.05) is 0 Å². The molecule has 0 aliphatic rings. The van der Waals surface area contributed by atoms with Crippen molar-refractivity contribution in [2.45, 2.75) is 41.0 Å². The van der Waals surface area contributed by atoms with Crippen LogP contribution in [0.4, 0.5) is 0 Å². The van der Waals surface area contributed by atoms with E-state index in [1.807, 2.05) is 34.6 Å². The zero-order valence-electron chi connectivity index (χ0n) is 15.7. The summed E-state index contributed by atoms with van der Waals surface area (Å²) in [6.07, 6.45) is 1.08. The highest BCUT2D eigenvalue weighted by Gasteiger charge is 1.86. The van der Waals surface area contributed by atoms with Gasteiger partial charge in [0.2, 0.25) is 0 Å². The van der Waals surface area contributed by atoms with Crippen LogP contribution in [0, 0.1) is 0 Å². The maximum atomic E-state index is 4.83. The van der Waals surface area contributed by atoms with Gasteiger partial charge >= 0.3 is 0 Å². The second kappa shape index (κ2) is 32.5. The van der Waals surface area contributed by atoms with Crippen LogP contribution in [0.15, 0.2) is 9.98 Å². The summed E-state index contributed by atoms with van der Waals surface area (Å²) in [5, 5.41) is 0. The van der Waals surface area contributed by atoms with Crippen LogP contribution in [0.2, 0.25) is 0 Å². The van der Waals surface area contributed by atoms with E-state index in [4.69, 9.17) is 9.47 Å². The van der Waals surface area contributed by atoms with Crippen LogP contribution >= 0.6 is 12.4 Å². The zero-order valence-corrected chi connectivity index (χ0v) is 16.5. The van der Waals surface area contributed by atoms with Crippen LogP contribution in [0.25, 0.3) is 0 Å². The van der Waals surface area contributed by atoms with Crippen molar-refractivity contribution in [2.24, 2.45) is 9.98 Å². The largest absolute Gasteiger partial charge is 0.382 e. The van der Waals surface area contributed by atoms with Crippen molar-refractivity contribution >= 4 is 18.4 Å². The third kappa shape index (κ3) is 50.4. The molecule has 0 bridgehead atoms. The van der Waals surface area contributed by atoms with Gasteiger partial charge in [0.25, 0.3) is 0 Å². The van der Waals surface area contributed by atoms with E-state index < -0.39 is 0 Å². The summed E-state index contributed by atoms with van der Waals surface area (Å²) in [5.41, 5.74) is 0. The smallest absolute Gasteiger partial charge is 0.0892 e. The highest BCUT2D eigenvalue weighted by molar-refractivity contribution is 5.85. The fraction of sp³-hybridized carbons (Fsp3) is 0.938. The van der Waals surface area contributed by atoms with Crippen molar-refractivity contribution in [3.63, 3.8) is 0 Å². The minimum Gasteiger partial charge on any atom is -0.382 e. The Morgan fingerprint density at radius 3 is 1.55 bits per heavy atom. The van der Waals surface area contributed by atoms with Crippen molar-refractivity contribution in [3.05, 3.63) is 0 Å². The molecule has 136 valence electrons. The molecule has 0 rings (SSSR count). The Morgan fingerprint density at radius 2 is 1.27 bits per heavy atom. The van der Waals surface area contributed by atoms with E-state index in [1.54, 1.807) is 0 Å². The number of halogens is 1. The van der Waals surface area contributed by atoms with Gasteiger partial charge in [0.1, 0.15) is 0 Å². The minimum atomic E-state index is 0. The highest BCUT2D eigenvalue weighted by atomic mass is 35.5. The van der Waals surface area contributed by atoms with Crippen LogP contribution in [0.1, 0.15) is 41.0 Å². The Morgan fingerprint density at radius 1 is 0.818 bits per heavy atom. The van der Waals surface area contributed by atoms with Crippen LogP contribution in [0.3, 0.4) is 0 Å². The predicted octanol–water partition coefficient (Wildman–Crippen LogP) is 3.64. The van der Waals surface area contributed by atoms with Gasteiger partial charge in [0.05, 0.1) is 12.6 Å². The Hall–Kier alpha value is -0.450. The number of hydrogen-bond donors (Lipinski definition) is 0. The minimum absolute atomic E-state index is 0. The Balaban J connectivity index is -0.000000124. The molecule has 0 aliphatic heterocycles. The Kier molecular flexibility index (Phi) is 43.6. The van der Waals surface area contributed by atoms with E-state index in [0.29, 0.717) is 0 Å². The highest BCUT2D eigenvalue weighted by Crippen LogP contribution is 1.82. The van der Waals surface area contributed by atoms with Gasteiger partial charge in [0.15, 0.2) is 0 Å². The third-order valence-corrected chi connectivity index (χ3v) is 1.99. The first kappa shape index (κ1) is 29.5. The van der Waals surface area contributed by atoms with E-state index in [-0.39, 0.29) is 12.4 Å². The topological polar surface area (TPSA) is 46.4 Å². The fourth-order valence-electron chi connectivity index (χ4n) is 1.04. The second-order valence-electron chi connectivity index (χ2n) is 4.18. The average molecular weight is 340 g/mol. The fourth-order valence-corrected chi connectivity index (χ4v) is 1.04. The molecule has 0 saturated heterocycles. The maximum Gasteiger partial charge on any atom is 0.0892 e. The second-order valence-corrected chi connectivity index (χ2v) is 4.18.